The molecule has 0 spiro atoms. The van der Waals surface area contributed by atoms with Crippen molar-refractivity contribution in [1.82, 2.24) is 20.1 Å². The fraction of sp³-hybridized carbons (Fsp3) is 0.769. The maximum atomic E-state index is 4.70. The molecule has 1 aromatic rings. The number of thiazole rings is 1. The Balaban J connectivity index is 1.76. The molecule has 0 saturated carbocycles. The van der Waals surface area contributed by atoms with Gasteiger partial charge in [-0.05, 0) is 20.0 Å². The lowest BCUT2D eigenvalue weighted by Crippen LogP contribution is -2.43. The molecule has 2 heterocycles. The number of hydrogen-bond acceptors (Lipinski definition) is 5. The van der Waals surface area contributed by atoms with Crippen LogP contribution in [-0.2, 0) is 13.1 Å². The van der Waals surface area contributed by atoms with Crippen LogP contribution in [0.4, 0.5) is 0 Å². The van der Waals surface area contributed by atoms with Crippen LogP contribution in [-0.4, -0.2) is 54.6 Å². The Morgan fingerprint density at radius 1 is 1.33 bits per heavy atom. The fourth-order valence-electron chi connectivity index (χ4n) is 2.09. The summed E-state index contributed by atoms with van der Waals surface area (Å²) >= 11 is 1.80. The third kappa shape index (κ3) is 4.31. The van der Waals surface area contributed by atoms with E-state index in [1.165, 1.54) is 43.3 Å². The highest BCUT2D eigenvalue weighted by atomic mass is 32.1. The third-order valence-corrected chi connectivity index (χ3v) is 4.17. The number of piperazine rings is 1. The van der Waals surface area contributed by atoms with E-state index in [0.717, 1.165) is 19.6 Å². The van der Waals surface area contributed by atoms with Crippen LogP contribution in [0.1, 0.15) is 24.0 Å². The Morgan fingerprint density at radius 3 is 2.83 bits per heavy atom. The summed E-state index contributed by atoms with van der Waals surface area (Å²) in [6.07, 6.45) is 1.18. The molecule has 0 bridgehead atoms. The predicted octanol–water partition coefficient (Wildman–Crippen LogP) is 1.39. The Kier molecular flexibility index (Phi) is 5.56. The highest BCUT2D eigenvalue weighted by molar-refractivity contribution is 7.09. The third-order valence-electron chi connectivity index (χ3n) is 3.29. The standard InChI is InChI=1S/C13H24N4S/c1-3-4-14-9-12-11-18-13(15-12)10-17-7-5-16(2)6-8-17/h11,14H,3-10H2,1-2H3. The van der Waals surface area contributed by atoms with E-state index in [2.05, 4.69) is 34.5 Å². The van der Waals surface area contributed by atoms with E-state index in [1.54, 1.807) is 11.3 Å². The van der Waals surface area contributed by atoms with Crippen molar-refractivity contribution in [3.8, 4) is 0 Å². The first-order valence-electron chi connectivity index (χ1n) is 6.83. The van der Waals surface area contributed by atoms with Crippen molar-refractivity contribution in [2.75, 3.05) is 39.8 Å². The van der Waals surface area contributed by atoms with Crippen LogP contribution in [0.25, 0.3) is 0 Å². The van der Waals surface area contributed by atoms with Crippen LogP contribution in [0.15, 0.2) is 5.38 Å². The summed E-state index contributed by atoms with van der Waals surface area (Å²) in [4.78, 5) is 9.59. The van der Waals surface area contributed by atoms with Gasteiger partial charge in [-0.2, -0.15) is 0 Å². The smallest absolute Gasteiger partial charge is 0.107 e. The predicted molar refractivity (Wildman–Crippen MR) is 76.9 cm³/mol. The van der Waals surface area contributed by atoms with Crippen LogP contribution >= 0.6 is 11.3 Å². The van der Waals surface area contributed by atoms with Crippen molar-refractivity contribution >= 4 is 11.3 Å². The maximum Gasteiger partial charge on any atom is 0.107 e. The number of rotatable bonds is 6. The number of aromatic nitrogens is 1. The minimum atomic E-state index is 0.910. The normalized spacial score (nSPS) is 18.3. The average Bonchev–Trinajstić information content (AvgIpc) is 2.80. The number of likely N-dealkylation sites (N-methyl/N-ethyl adjacent to an activating group) is 1. The van der Waals surface area contributed by atoms with E-state index in [4.69, 9.17) is 4.98 Å². The van der Waals surface area contributed by atoms with Gasteiger partial charge in [-0.1, -0.05) is 6.92 Å². The summed E-state index contributed by atoms with van der Waals surface area (Å²) in [5.74, 6) is 0. The van der Waals surface area contributed by atoms with E-state index in [0.29, 0.717) is 0 Å². The molecule has 18 heavy (non-hydrogen) atoms. The molecule has 0 radical (unpaired) electrons. The largest absolute Gasteiger partial charge is 0.311 e. The van der Waals surface area contributed by atoms with Crippen molar-refractivity contribution in [2.24, 2.45) is 0 Å². The summed E-state index contributed by atoms with van der Waals surface area (Å²) in [6, 6.07) is 0. The first kappa shape index (κ1) is 13.9. The van der Waals surface area contributed by atoms with E-state index in [9.17, 15) is 0 Å². The van der Waals surface area contributed by atoms with E-state index in [-0.39, 0.29) is 0 Å². The molecule has 1 aliphatic heterocycles. The zero-order valence-electron chi connectivity index (χ0n) is 11.5. The van der Waals surface area contributed by atoms with Gasteiger partial charge in [0.25, 0.3) is 0 Å². The summed E-state index contributed by atoms with van der Waals surface area (Å²) in [5.41, 5.74) is 1.19. The van der Waals surface area contributed by atoms with Gasteiger partial charge in [-0.25, -0.2) is 4.98 Å². The van der Waals surface area contributed by atoms with Gasteiger partial charge in [0.2, 0.25) is 0 Å². The van der Waals surface area contributed by atoms with E-state index < -0.39 is 0 Å². The van der Waals surface area contributed by atoms with Crippen molar-refractivity contribution in [1.29, 1.82) is 0 Å². The second-order valence-electron chi connectivity index (χ2n) is 4.99. The van der Waals surface area contributed by atoms with Crippen molar-refractivity contribution < 1.29 is 0 Å². The van der Waals surface area contributed by atoms with Gasteiger partial charge >= 0.3 is 0 Å². The molecule has 102 valence electrons. The lowest BCUT2D eigenvalue weighted by atomic mass is 10.3. The molecule has 2 rings (SSSR count). The second-order valence-corrected chi connectivity index (χ2v) is 5.93. The number of hydrogen-bond donors (Lipinski definition) is 1. The van der Waals surface area contributed by atoms with E-state index >= 15 is 0 Å². The summed E-state index contributed by atoms with van der Waals surface area (Å²) in [5, 5.41) is 6.84. The van der Waals surface area contributed by atoms with Gasteiger partial charge in [0.1, 0.15) is 5.01 Å². The fourth-order valence-corrected chi connectivity index (χ4v) is 2.93. The molecule has 5 heteroatoms. The molecule has 1 N–H and O–H groups in total. The second kappa shape index (κ2) is 7.19. The Hall–Kier alpha value is -0.490. The molecular formula is C13H24N4S. The van der Waals surface area contributed by atoms with Gasteiger partial charge in [-0.15, -0.1) is 11.3 Å². The summed E-state index contributed by atoms with van der Waals surface area (Å²) in [6.45, 7) is 9.88. The Bertz CT molecular complexity index is 345. The molecule has 1 aliphatic rings. The molecule has 0 aliphatic carbocycles. The minimum Gasteiger partial charge on any atom is -0.311 e. The summed E-state index contributed by atoms with van der Waals surface area (Å²) in [7, 11) is 2.19. The molecule has 0 atom stereocenters. The summed E-state index contributed by atoms with van der Waals surface area (Å²) < 4.78 is 0. The van der Waals surface area contributed by atoms with Crippen LogP contribution in [0.2, 0.25) is 0 Å². The van der Waals surface area contributed by atoms with Crippen LogP contribution < -0.4 is 5.32 Å². The van der Waals surface area contributed by atoms with E-state index in [1.807, 2.05) is 0 Å². The quantitative estimate of drug-likeness (QED) is 0.790. The lowest BCUT2D eigenvalue weighted by Gasteiger charge is -2.31. The number of nitrogens with one attached hydrogen (secondary N) is 1. The minimum absolute atomic E-state index is 0.910. The molecular weight excluding hydrogens is 244 g/mol. The zero-order valence-corrected chi connectivity index (χ0v) is 12.3. The van der Waals surface area contributed by atoms with Crippen LogP contribution in [0.3, 0.4) is 0 Å². The molecule has 1 fully saturated rings. The molecule has 0 amide bonds. The van der Waals surface area contributed by atoms with Crippen molar-refractivity contribution in [3.05, 3.63) is 16.1 Å². The molecule has 0 aromatic carbocycles. The molecule has 4 nitrogen and oxygen atoms in total. The SMILES string of the molecule is CCCNCc1csc(CN2CCN(C)CC2)n1. The van der Waals surface area contributed by atoms with Gasteiger partial charge < -0.3 is 10.2 Å². The van der Waals surface area contributed by atoms with Gasteiger partial charge in [-0.3, -0.25) is 4.90 Å². The molecule has 1 saturated heterocycles. The average molecular weight is 268 g/mol. The van der Waals surface area contributed by atoms with Crippen molar-refractivity contribution in [3.63, 3.8) is 0 Å². The first-order valence-corrected chi connectivity index (χ1v) is 7.71. The zero-order chi connectivity index (χ0) is 12.8. The van der Waals surface area contributed by atoms with Gasteiger partial charge in [0.15, 0.2) is 0 Å². The Morgan fingerprint density at radius 2 is 2.11 bits per heavy atom. The van der Waals surface area contributed by atoms with Gasteiger partial charge in [0.05, 0.1) is 12.2 Å². The Labute approximate surface area is 114 Å². The van der Waals surface area contributed by atoms with Crippen LogP contribution in [0, 0.1) is 0 Å². The highest BCUT2D eigenvalue weighted by Gasteiger charge is 2.15. The van der Waals surface area contributed by atoms with Gasteiger partial charge in [0, 0.05) is 38.1 Å². The molecule has 1 aromatic heterocycles. The lowest BCUT2D eigenvalue weighted by molar-refractivity contribution is 0.148. The monoisotopic (exact) mass is 268 g/mol. The van der Waals surface area contributed by atoms with Crippen molar-refractivity contribution in [2.45, 2.75) is 26.4 Å². The molecule has 0 unspecified atom stereocenters. The maximum absolute atomic E-state index is 4.70. The first-order chi connectivity index (χ1) is 8.78. The topological polar surface area (TPSA) is 31.4 Å². The van der Waals surface area contributed by atoms with Crippen LogP contribution in [0.5, 0.6) is 0 Å². The number of nitrogens with zero attached hydrogens (tertiary/aromatic N) is 3. The highest BCUT2D eigenvalue weighted by Crippen LogP contribution is 2.13.